The van der Waals surface area contributed by atoms with Crippen LogP contribution in [-0.2, 0) is 0 Å². The van der Waals surface area contributed by atoms with Crippen molar-refractivity contribution in [2.75, 3.05) is 7.05 Å². The van der Waals surface area contributed by atoms with Gasteiger partial charge in [-0.3, -0.25) is 0 Å². The Bertz CT molecular complexity index is 172. The lowest BCUT2D eigenvalue weighted by molar-refractivity contribution is 0.246. The van der Waals surface area contributed by atoms with Gasteiger partial charge in [0.15, 0.2) is 0 Å². The highest BCUT2D eigenvalue weighted by Gasteiger charge is 2.23. The molecule has 0 radical (unpaired) electrons. The maximum atomic E-state index is 3.50. The minimum atomic E-state index is 0.402. The highest BCUT2D eigenvalue weighted by Crippen LogP contribution is 2.30. The molecule has 0 aromatic carbocycles. The molecule has 1 nitrogen and oxygen atoms in total. The van der Waals surface area contributed by atoms with Gasteiger partial charge in [-0.2, -0.15) is 0 Å². The second kappa shape index (κ2) is 6.64. The molecule has 0 bridgehead atoms. The average molecular weight is 225 g/mol. The third kappa shape index (κ3) is 4.86. The van der Waals surface area contributed by atoms with Crippen LogP contribution in [0.2, 0.25) is 0 Å². The smallest absolute Gasteiger partial charge is 0.0113 e. The lowest BCUT2D eigenvalue weighted by Gasteiger charge is -2.31. The van der Waals surface area contributed by atoms with Gasteiger partial charge in [-0.05, 0) is 31.2 Å². The molecule has 0 spiro atoms. The number of hydrogen-bond donors (Lipinski definition) is 1. The van der Waals surface area contributed by atoms with Gasteiger partial charge in [0, 0.05) is 6.04 Å². The van der Waals surface area contributed by atoms with Gasteiger partial charge in [0.2, 0.25) is 0 Å². The van der Waals surface area contributed by atoms with E-state index in [9.17, 15) is 0 Å². The standard InChI is InChI=1S/C15H31N/c1-15(2,3)14(16-4)12-11-13-9-7-5-6-8-10-13/h13-14,16H,5-12H2,1-4H3. The fourth-order valence-electron chi connectivity index (χ4n) is 3.07. The van der Waals surface area contributed by atoms with Crippen LogP contribution in [0.4, 0.5) is 0 Å². The predicted molar refractivity (Wildman–Crippen MR) is 72.7 cm³/mol. The fourth-order valence-corrected chi connectivity index (χ4v) is 3.07. The predicted octanol–water partition coefficient (Wildman–Crippen LogP) is 4.37. The van der Waals surface area contributed by atoms with Crippen LogP contribution in [0, 0.1) is 11.3 Å². The van der Waals surface area contributed by atoms with E-state index in [4.69, 9.17) is 0 Å². The third-order valence-electron chi connectivity index (χ3n) is 4.23. The number of nitrogens with one attached hydrogen (secondary N) is 1. The summed E-state index contributed by atoms with van der Waals surface area (Å²) in [5.74, 6) is 1.01. The quantitative estimate of drug-likeness (QED) is 0.701. The largest absolute Gasteiger partial charge is 0.316 e. The molecule has 1 rings (SSSR count). The van der Waals surface area contributed by atoms with Crippen molar-refractivity contribution in [1.82, 2.24) is 5.32 Å². The molecule has 0 aromatic rings. The van der Waals surface area contributed by atoms with Gasteiger partial charge < -0.3 is 5.32 Å². The van der Waals surface area contributed by atoms with Crippen LogP contribution in [0.1, 0.15) is 72.1 Å². The van der Waals surface area contributed by atoms with Gasteiger partial charge in [-0.25, -0.2) is 0 Å². The van der Waals surface area contributed by atoms with E-state index in [0.717, 1.165) is 5.92 Å². The molecule has 1 saturated carbocycles. The molecule has 1 heteroatoms. The number of hydrogen-bond acceptors (Lipinski definition) is 1. The van der Waals surface area contributed by atoms with Crippen LogP contribution in [0.5, 0.6) is 0 Å². The van der Waals surface area contributed by atoms with E-state index in [-0.39, 0.29) is 0 Å². The van der Waals surface area contributed by atoms with Crippen molar-refractivity contribution in [2.24, 2.45) is 11.3 Å². The van der Waals surface area contributed by atoms with Crippen LogP contribution in [0.3, 0.4) is 0 Å². The molecule has 0 aliphatic heterocycles. The zero-order valence-corrected chi connectivity index (χ0v) is 11.8. The Labute approximate surface area is 102 Å². The van der Waals surface area contributed by atoms with E-state index < -0.39 is 0 Å². The number of rotatable bonds is 4. The first-order valence-electron chi connectivity index (χ1n) is 7.21. The van der Waals surface area contributed by atoms with Crippen LogP contribution >= 0.6 is 0 Å². The highest BCUT2D eigenvalue weighted by molar-refractivity contribution is 4.80. The molecule has 1 atom stereocenters. The average Bonchev–Trinajstić information content (AvgIpc) is 2.45. The van der Waals surface area contributed by atoms with Gasteiger partial charge in [0.1, 0.15) is 0 Å². The molecule has 1 unspecified atom stereocenters. The van der Waals surface area contributed by atoms with Crippen molar-refractivity contribution in [1.29, 1.82) is 0 Å². The van der Waals surface area contributed by atoms with E-state index in [0.29, 0.717) is 11.5 Å². The van der Waals surface area contributed by atoms with Crippen molar-refractivity contribution < 1.29 is 0 Å². The molecule has 1 N–H and O–H groups in total. The topological polar surface area (TPSA) is 12.0 Å². The summed E-state index contributed by atoms with van der Waals surface area (Å²) in [6.45, 7) is 7.05. The molecule has 16 heavy (non-hydrogen) atoms. The summed E-state index contributed by atoms with van der Waals surface area (Å²) in [6.07, 6.45) is 11.7. The summed E-state index contributed by atoms with van der Waals surface area (Å²) in [6, 6.07) is 0.677. The second-order valence-electron chi connectivity index (χ2n) is 6.64. The van der Waals surface area contributed by atoms with E-state index in [1.807, 2.05) is 0 Å². The Kier molecular flexibility index (Phi) is 5.82. The zero-order chi connectivity index (χ0) is 12.0. The summed E-state index contributed by atoms with van der Waals surface area (Å²) in [5.41, 5.74) is 0.402. The second-order valence-corrected chi connectivity index (χ2v) is 6.64. The summed E-state index contributed by atoms with van der Waals surface area (Å²) >= 11 is 0. The first-order chi connectivity index (χ1) is 7.54. The first-order valence-corrected chi connectivity index (χ1v) is 7.21. The summed E-state index contributed by atoms with van der Waals surface area (Å²) < 4.78 is 0. The van der Waals surface area contributed by atoms with Gasteiger partial charge >= 0.3 is 0 Å². The Morgan fingerprint density at radius 1 is 1.06 bits per heavy atom. The Morgan fingerprint density at radius 2 is 1.62 bits per heavy atom. The summed E-state index contributed by atoms with van der Waals surface area (Å²) in [7, 11) is 2.11. The molecule has 0 heterocycles. The molecule has 0 saturated heterocycles. The minimum Gasteiger partial charge on any atom is -0.316 e. The van der Waals surface area contributed by atoms with Crippen molar-refractivity contribution in [3.63, 3.8) is 0 Å². The summed E-state index contributed by atoms with van der Waals surface area (Å²) in [4.78, 5) is 0. The van der Waals surface area contributed by atoms with Crippen molar-refractivity contribution in [3.05, 3.63) is 0 Å². The van der Waals surface area contributed by atoms with Gasteiger partial charge in [0.25, 0.3) is 0 Å². The molecular formula is C15H31N. The van der Waals surface area contributed by atoms with Gasteiger partial charge in [0.05, 0.1) is 0 Å². The lowest BCUT2D eigenvalue weighted by Crippen LogP contribution is -2.38. The highest BCUT2D eigenvalue weighted by atomic mass is 14.9. The van der Waals surface area contributed by atoms with E-state index in [1.54, 1.807) is 0 Å². The molecule has 1 aliphatic rings. The zero-order valence-electron chi connectivity index (χ0n) is 11.8. The molecular weight excluding hydrogens is 194 g/mol. The van der Waals surface area contributed by atoms with Crippen molar-refractivity contribution in [3.8, 4) is 0 Å². The van der Waals surface area contributed by atoms with Crippen LogP contribution in [0.25, 0.3) is 0 Å². The van der Waals surface area contributed by atoms with E-state index in [2.05, 4.69) is 33.1 Å². The van der Waals surface area contributed by atoms with E-state index >= 15 is 0 Å². The Morgan fingerprint density at radius 3 is 2.06 bits per heavy atom. The molecule has 96 valence electrons. The van der Waals surface area contributed by atoms with Crippen molar-refractivity contribution in [2.45, 2.75) is 78.2 Å². The van der Waals surface area contributed by atoms with Gasteiger partial charge in [-0.1, -0.05) is 59.3 Å². The third-order valence-corrected chi connectivity index (χ3v) is 4.23. The SMILES string of the molecule is CNC(CCC1CCCCCC1)C(C)(C)C. The monoisotopic (exact) mass is 225 g/mol. The fraction of sp³-hybridized carbons (Fsp3) is 1.00. The Hall–Kier alpha value is -0.0400. The molecule has 0 aromatic heterocycles. The molecule has 0 amide bonds. The Balaban J connectivity index is 2.30. The van der Waals surface area contributed by atoms with Crippen LogP contribution in [-0.4, -0.2) is 13.1 Å². The molecule has 1 fully saturated rings. The molecule has 1 aliphatic carbocycles. The van der Waals surface area contributed by atoms with Crippen LogP contribution in [0.15, 0.2) is 0 Å². The lowest BCUT2D eigenvalue weighted by atomic mass is 9.81. The normalized spacial score (nSPS) is 21.8. The van der Waals surface area contributed by atoms with Crippen molar-refractivity contribution >= 4 is 0 Å². The van der Waals surface area contributed by atoms with Gasteiger partial charge in [-0.15, -0.1) is 0 Å². The van der Waals surface area contributed by atoms with Crippen LogP contribution < -0.4 is 5.32 Å². The maximum Gasteiger partial charge on any atom is 0.0113 e. The van der Waals surface area contributed by atoms with E-state index in [1.165, 1.54) is 51.4 Å². The summed E-state index contributed by atoms with van der Waals surface area (Å²) in [5, 5.41) is 3.50. The first kappa shape index (κ1) is 14.0. The maximum absolute atomic E-state index is 3.50. The minimum absolute atomic E-state index is 0.402.